The van der Waals surface area contributed by atoms with Crippen LogP contribution in [0.3, 0.4) is 0 Å². The highest BCUT2D eigenvalue weighted by molar-refractivity contribution is 5.99. The monoisotopic (exact) mass is 617 g/mol. The van der Waals surface area contributed by atoms with Crippen LogP contribution in [0.2, 0.25) is 0 Å². The number of hydrogen-bond acceptors (Lipinski definition) is 6. The topological polar surface area (TPSA) is 154 Å². The molecule has 2 aliphatic heterocycles. The molecular weight excluding hydrogens is 574 g/mol. The van der Waals surface area contributed by atoms with E-state index in [0.717, 1.165) is 23.1 Å². The third-order valence-electron chi connectivity index (χ3n) is 8.66. The summed E-state index contributed by atoms with van der Waals surface area (Å²) in [7, 11) is 0. The van der Waals surface area contributed by atoms with Gasteiger partial charge in [0.05, 0.1) is 0 Å². The molecule has 0 saturated carbocycles. The number of para-hydroxylation sites is 1. The summed E-state index contributed by atoms with van der Waals surface area (Å²) in [5.74, 6) is -1.86. The second-order valence-electron chi connectivity index (χ2n) is 12.0. The standard InChI is InChI=1S/C34H43N5O6/c1-3-34(2)33(45)37-27(22-24-16-14-23(15-17-24)18-19-29(41)35-25-10-5-4-6-11-25)32(44)39-20-9-13-28(39)31(43)36-26(30(42)38-34)12-7-8-21-40/h4-6,10-11,14-17,21,26-28H,3,7-9,12-13,18-20,22H2,1-2H3,(H,35,41)(H,36,43)(H,37,45)(H,38,42)/t26-,27-,28+,34-/m0/s1. The maximum atomic E-state index is 13.9. The molecule has 0 aromatic heterocycles. The Morgan fingerprint density at radius 3 is 2.38 bits per heavy atom. The van der Waals surface area contributed by atoms with E-state index in [2.05, 4.69) is 21.3 Å². The molecule has 4 rings (SSSR count). The van der Waals surface area contributed by atoms with Gasteiger partial charge in [0.2, 0.25) is 29.5 Å². The second-order valence-corrected chi connectivity index (χ2v) is 12.0. The van der Waals surface area contributed by atoms with Crippen molar-refractivity contribution in [3.05, 3.63) is 65.7 Å². The van der Waals surface area contributed by atoms with E-state index >= 15 is 0 Å². The van der Waals surface area contributed by atoms with Crippen LogP contribution in [-0.2, 0) is 41.6 Å². The molecule has 45 heavy (non-hydrogen) atoms. The lowest BCUT2D eigenvalue weighted by Crippen LogP contribution is -2.65. The molecule has 240 valence electrons. The number of carbonyl (C=O) groups is 6. The molecule has 11 nitrogen and oxygen atoms in total. The number of fused-ring (bicyclic) bond motifs is 1. The molecule has 4 atom stereocenters. The van der Waals surface area contributed by atoms with Gasteiger partial charge in [0.15, 0.2) is 0 Å². The fraction of sp³-hybridized carbons (Fsp3) is 0.471. The first-order chi connectivity index (χ1) is 21.6. The first-order valence-corrected chi connectivity index (χ1v) is 15.7. The molecule has 0 radical (unpaired) electrons. The highest BCUT2D eigenvalue weighted by Crippen LogP contribution is 2.22. The van der Waals surface area contributed by atoms with E-state index in [0.29, 0.717) is 38.6 Å². The number of aryl methyl sites for hydroxylation is 1. The molecule has 2 aliphatic rings. The molecule has 0 unspecified atom stereocenters. The Labute approximate surface area is 263 Å². The van der Waals surface area contributed by atoms with Gasteiger partial charge in [-0.1, -0.05) is 49.4 Å². The van der Waals surface area contributed by atoms with Crippen molar-refractivity contribution >= 4 is 41.5 Å². The number of hydrogen-bond donors (Lipinski definition) is 4. The van der Waals surface area contributed by atoms with Gasteiger partial charge < -0.3 is 31.0 Å². The molecule has 2 fully saturated rings. The largest absolute Gasteiger partial charge is 0.343 e. The Hall–Kier alpha value is -4.54. The van der Waals surface area contributed by atoms with Crippen molar-refractivity contribution in [3.63, 3.8) is 0 Å². The number of unbranched alkanes of at least 4 members (excludes halogenated alkanes) is 1. The van der Waals surface area contributed by atoms with E-state index in [1.165, 1.54) is 4.90 Å². The van der Waals surface area contributed by atoms with Crippen LogP contribution in [0.5, 0.6) is 0 Å². The number of benzene rings is 2. The van der Waals surface area contributed by atoms with Crippen LogP contribution in [-0.4, -0.2) is 70.9 Å². The Morgan fingerprint density at radius 1 is 0.978 bits per heavy atom. The van der Waals surface area contributed by atoms with Crippen LogP contribution in [0.1, 0.15) is 69.9 Å². The van der Waals surface area contributed by atoms with Crippen LogP contribution in [0.4, 0.5) is 5.69 Å². The third kappa shape index (κ3) is 8.77. The quantitative estimate of drug-likeness (QED) is 0.224. The molecular formula is C34H43N5O6. The first-order valence-electron chi connectivity index (χ1n) is 15.7. The Morgan fingerprint density at radius 2 is 1.69 bits per heavy atom. The van der Waals surface area contributed by atoms with Crippen LogP contribution in [0, 0.1) is 0 Å². The summed E-state index contributed by atoms with van der Waals surface area (Å²) >= 11 is 0. The zero-order valence-corrected chi connectivity index (χ0v) is 26.0. The van der Waals surface area contributed by atoms with E-state index < -0.39 is 41.4 Å². The number of rotatable bonds is 11. The third-order valence-corrected chi connectivity index (χ3v) is 8.66. The normalized spacial score (nSPS) is 24.0. The Balaban J connectivity index is 1.49. The summed E-state index contributed by atoms with van der Waals surface area (Å²) in [6, 6.07) is 14.2. The summed E-state index contributed by atoms with van der Waals surface area (Å²) < 4.78 is 0. The number of nitrogens with zero attached hydrogens (tertiary/aromatic N) is 1. The minimum Gasteiger partial charge on any atom is -0.343 e. The van der Waals surface area contributed by atoms with E-state index in [1.807, 2.05) is 54.6 Å². The van der Waals surface area contributed by atoms with Crippen LogP contribution in [0.25, 0.3) is 0 Å². The molecule has 2 aromatic rings. The van der Waals surface area contributed by atoms with Crippen molar-refractivity contribution in [2.45, 2.75) is 95.3 Å². The van der Waals surface area contributed by atoms with E-state index in [1.54, 1.807) is 13.8 Å². The molecule has 4 N–H and O–H groups in total. The van der Waals surface area contributed by atoms with Gasteiger partial charge in [-0.15, -0.1) is 0 Å². The molecule has 0 spiro atoms. The zero-order valence-electron chi connectivity index (χ0n) is 26.0. The molecule has 2 heterocycles. The molecule has 0 bridgehead atoms. The fourth-order valence-corrected chi connectivity index (χ4v) is 5.71. The van der Waals surface area contributed by atoms with Gasteiger partial charge in [0.1, 0.15) is 30.0 Å². The second kappa shape index (κ2) is 15.5. The zero-order chi connectivity index (χ0) is 32.4. The van der Waals surface area contributed by atoms with Crippen LogP contribution in [0.15, 0.2) is 54.6 Å². The lowest BCUT2D eigenvalue weighted by atomic mass is 9.94. The predicted molar refractivity (Wildman–Crippen MR) is 169 cm³/mol. The van der Waals surface area contributed by atoms with Gasteiger partial charge >= 0.3 is 0 Å². The summed E-state index contributed by atoms with van der Waals surface area (Å²) in [4.78, 5) is 79.1. The SMILES string of the molecule is CC[C@]1(C)NC(=O)[C@H](CCCC=O)NC(=O)[C@H]2CCCN2C(=O)[C@H](Cc2ccc(CCC(=O)Nc3ccccc3)cc2)NC1=O. The lowest BCUT2D eigenvalue weighted by molar-refractivity contribution is -0.144. The Kier molecular flexibility index (Phi) is 11.5. The van der Waals surface area contributed by atoms with E-state index in [-0.39, 0.29) is 37.5 Å². The van der Waals surface area contributed by atoms with Gasteiger partial charge in [-0.25, -0.2) is 0 Å². The maximum absolute atomic E-state index is 13.9. The smallest absolute Gasteiger partial charge is 0.246 e. The molecule has 2 aromatic carbocycles. The average molecular weight is 618 g/mol. The fourth-order valence-electron chi connectivity index (χ4n) is 5.71. The summed E-state index contributed by atoms with van der Waals surface area (Å²) in [5, 5.41) is 11.4. The highest BCUT2D eigenvalue weighted by Gasteiger charge is 2.43. The van der Waals surface area contributed by atoms with Gasteiger partial charge in [-0.05, 0) is 68.7 Å². The van der Waals surface area contributed by atoms with Crippen molar-refractivity contribution in [1.82, 2.24) is 20.9 Å². The Bertz CT molecular complexity index is 1380. The summed E-state index contributed by atoms with van der Waals surface area (Å²) in [6.45, 7) is 3.72. The number of amides is 5. The van der Waals surface area contributed by atoms with Crippen molar-refractivity contribution in [3.8, 4) is 0 Å². The molecule has 2 saturated heterocycles. The first kappa shape index (κ1) is 33.4. The van der Waals surface area contributed by atoms with Crippen molar-refractivity contribution in [2.75, 3.05) is 11.9 Å². The lowest BCUT2D eigenvalue weighted by Gasteiger charge is -2.35. The summed E-state index contributed by atoms with van der Waals surface area (Å²) in [5.41, 5.74) is 1.16. The number of nitrogens with one attached hydrogen (secondary N) is 4. The van der Waals surface area contributed by atoms with Crippen LogP contribution >= 0.6 is 0 Å². The van der Waals surface area contributed by atoms with Gasteiger partial charge in [-0.3, -0.25) is 24.0 Å². The number of carbonyl (C=O) groups excluding carboxylic acids is 6. The van der Waals surface area contributed by atoms with Crippen LogP contribution < -0.4 is 21.3 Å². The average Bonchev–Trinajstić information content (AvgIpc) is 3.53. The minimum atomic E-state index is -1.34. The predicted octanol–water partition coefficient (Wildman–Crippen LogP) is 2.43. The molecule has 5 amide bonds. The minimum absolute atomic E-state index is 0.0886. The van der Waals surface area contributed by atoms with Gasteiger partial charge in [0.25, 0.3) is 0 Å². The number of aldehydes is 1. The van der Waals surface area contributed by atoms with Crippen molar-refractivity contribution < 1.29 is 28.8 Å². The van der Waals surface area contributed by atoms with Crippen molar-refractivity contribution in [2.24, 2.45) is 0 Å². The van der Waals surface area contributed by atoms with Gasteiger partial charge in [0, 0.05) is 31.5 Å². The molecule has 11 heteroatoms. The number of anilines is 1. The van der Waals surface area contributed by atoms with E-state index in [4.69, 9.17) is 0 Å². The maximum Gasteiger partial charge on any atom is 0.246 e. The molecule has 0 aliphatic carbocycles. The van der Waals surface area contributed by atoms with Gasteiger partial charge in [-0.2, -0.15) is 0 Å². The van der Waals surface area contributed by atoms with E-state index in [9.17, 15) is 28.8 Å². The highest BCUT2D eigenvalue weighted by atomic mass is 16.2. The van der Waals surface area contributed by atoms with Crippen molar-refractivity contribution in [1.29, 1.82) is 0 Å². The summed E-state index contributed by atoms with van der Waals surface area (Å²) in [6.07, 6.45) is 3.97.